The van der Waals surface area contributed by atoms with Gasteiger partial charge in [0.2, 0.25) is 0 Å². The third-order valence-electron chi connectivity index (χ3n) is 3.29. The van der Waals surface area contributed by atoms with Crippen LogP contribution in [0.25, 0.3) is 0 Å². The van der Waals surface area contributed by atoms with E-state index in [1.165, 1.54) is 6.42 Å². The summed E-state index contributed by atoms with van der Waals surface area (Å²) in [5.74, 6) is 0.658. The van der Waals surface area contributed by atoms with Gasteiger partial charge in [-0.2, -0.15) is 0 Å². The van der Waals surface area contributed by atoms with Crippen molar-refractivity contribution in [2.24, 2.45) is 5.92 Å². The zero-order chi connectivity index (χ0) is 10.0. The van der Waals surface area contributed by atoms with Crippen LogP contribution >= 0.6 is 0 Å². The van der Waals surface area contributed by atoms with E-state index in [4.69, 9.17) is 0 Å². The van der Waals surface area contributed by atoms with E-state index in [2.05, 4.69) is 32.6 Å². The summed E-state index contributed by atoms with van der Waals surface area (Å²) in [6.45, 7) is 9.84. The quantitative estimate of drug-likeness (QED) is 0.725. The zero-order valence-electron chi connectivity index (χ0n) is 9.33. The van der Waals surface area contributed by atoms with Gasteiger partial charge in [-0.15, -0.1) is 0 Å². The van der Waals surface area contributed by atoms with Gasteiger partial charge in [-0.05, 0) is 25.7 Å². The van der Waals surface area contributed by atoms with Crippen molar-refractivity contribution in [3.8, 4) is 0 Å². The van der Waals surface area contributed by atoms with E-state index in [0.717, 1.165) is 13.0 Å². The molecule has 1 heterocycles. The molecule has 13 heavy (non-hydrogen) atoms. The van der Waals surface area contributed by atoms with Gasteiger partial charge in [-0.1, -0.05) is 20.8 Å². The normalized spacial score (nSPS) is 32.8. The Morgan fingerprint density at radius 3 is 2.46 bits per heavy atom. The van der Waals surface area contributed by atoms with Gasteiger partial charge < -0.3 is 5.11 Å². The largest absolute Gasteiger partial charge is 0.392 e. The Bertz CT molecular complexity index is 158. The van der Waals surface area contributed by atoms with Crippen LogP contribution in [0.15, 0.2) is 0 Å². The molecule has 2 unspecified atom stereocenters. The topological polar surface area (TPSA) is 23.5 Å². The predicted molar refractivity (Wildman–Crippen MR) is 55.7 cm³/mol. The number of aliphatic hydroxyl groups excluding tert-OH is 1. The Kier molecular flexibility index (Phi) is 3.74. The zero-order valence-corrected chi connectivity index (χ0v) is 9.33. The molecule has 0 aliphatic carbocycles. The maximum Gasteiger partial charge on any atom is 0.0682 e. The number of nitrogens with zero attached hydrogens (tertiary/aromatic N) is 1. The number of hydrogen-bond acceptors (Lipinski definition) is 2. The average Bonchev–Trinajstić information content (AvgIpc) is 2.46. The van der Waals surface area contributed by atoms with Crippen molar-refractivity contribution in [3.63, 3.8) is 0 Å². The van der Waals surface area contributed by atoms with E-state index in [1.54, 1.807) is 0 Å². The number of hydrogen-bond donors (Lipinski definition) is 1. The third-order valence-corrected chi connectivity index (χ3v) is 3.29. The molecule has 1 aliphatic heterocycles. The lowest BCUT2D eigenvalue weighted by Gasteiger charge is -2.32. The Hall–Kier alpha value is -0.0800. The van der Waals surface area contributed by atoms with Crippen LogP contribution in [0.3, 0.4) is 0 Å². The van der Waals surface area contributed by atoms with Gasteiger partial charge >= 0.3 is 0 Å². The third kappa shape index (κ3) is 2.44. The van der Waals surface area contributed by atoms with E-state index in [1.807, 2.05) is 0 Å². The van der Waals surface area contributed by atoms with E-state index in [9.17, 15) is 5.11 Å². The van der Waals surface area contributed by atoms with Gasteiger partial charge in [-0.25, -0.2) is 0 Å². The summed E-state index contributed by atoms with van der Waals surface area (Å²) in [7, 11) is 0. The molecule has 1 fully saturated rings. The van der Waals surface area contributed by atoms with Crippen molar-refractivity contribution < 1.29 is 5.11 Å². The predicted octanol–water partition coefficient (Wildman–Crippen LogP) is 1.88. The molecule has 1 rings (SSSR count). The van der Waals surface area contributed by atoms with Crippen LogP contribution in [0.2, 0.25) is 0 Å². The fraction of sp³-hybridized carbons (Fsp3) is 1.00. The second-order valence-electron chi connectivity index (χ2n) is 4.65. The van der Waals surface area contributed by atoms with Crippen LogP contribution < -0.4 is 0 Å². The van der Waals surface area contributed by atoms with Gasteiger partial charge in [0.1, 0.15) is 0 Å². The molecular formula is C11H23NO. The molecular weight excluding hydrogens is 162 g/mol. The van der Waals surface area contributed by atoms with E-state index >= 15 is 0 Å². The van der Waals surface area contributed by atoms with Crippen LogP contribution in [0.5, 0.6) is 0 Å². The second-order valence-corrected chi connectivity index (χ2v) is 4.65. The highest BCUT2D eigenvalue weighted by Gasteiger charge is 2.34. The van der Waals surface area contributed by atoms with Crippen LogP contribution in [0.4, 0.5) is 0 Å². The molecule has 0 radical (unpaired) electrons. The lowest BCUT2D eigenvalue weighted by molar-refractivity contribution is 0.137. The first-order chi connectivity index (χ1) is 6.06. The first kappa shape index (κ1) is 11.0. The molecule has 3 atom stereocenters. The van der Waals surface area contributed by atoms with Crippen molar-refractivity contribution in [2.45, 2.75) is 58.7 Å². The molecule has 0 aromatic rings. The Labute approximate surface area is 81.9 Å². The molecule has 78 valence electrons. The van der Waals surface area contributed by atoms with E-state index in [-0.39, 0.29) is 6.10 Å². The monoisotopic (exact) mass is 185 g/mol. The number of rotatable bonds is 3. The smallest absolute Gasteiger partial charge is 0.0682 e. The van der Waals surface area contributed by atoms with Crippen LogP contribution in [0.1, 0.15) is 40.5 Å². The number of aliphatic hydroxyl groups is 1. The summed E-state index contributed by atoms with van der Waals surface area (Å²) >= 11 is 0. The van der Waals surface area contributed by atoms with Gasteiger partial charge in [0.25, 0.3) is 0 Å². The van der Waals surface area contributed by atoms with Crippen molar-refractivity contribution in [3.05, 3.63) is 0 Å². The molecule has 0 saturated carbocycles. The summed E-state index contributed by atoms with van der Waals surface area (Å²) in [6.07, 6.45) is 2.04. The highest BCUT2D eigenvalue weighted by Crippen LogP contribution is 2.26. The molecule has 0 amide bonds. The molecule has 1 N–H and O–H groups in total. The molecule has 0 aromatic heterocycles. The summed E-state index contributed by atoms with van der Waals surface area (Å²) in [5, 5.41) is 9.62. The minimum Gasteiger partial charge on any atom is -0.392 e. The minimum absolute atomic E-state index is 0.0959. The van der Waals surface area contributed by atoms with Crippen molar-refractivity contribution in [1.82, 2.24) is 4.90 Å². The fourth-order valence-corrected chi connectivity index (χ4v) is 2.26. The molecule has 0 aromatic carbocycles. The van der Waals surface area contributed by atoms with Gasteiger partial charge in [0.15, 0.2) is 0 Å². The average molecular weight is 185 g/mol. The first-order valence-electron chi connectivity index (χ1n) is 5.50. The maximum atomic E-state index is 9.62. The standard InChI is InChI=1S/C11H23NO/c1-5-9(4)12-7-10(13)6-11(12)8(2)3/h8-11,13H,5-7H2,1-4H3/t9?,10-,11?/m1/s1. The summed E-state index contributed by atoms with van der Waals surface area (Å²) in [6, 6.07) is 1.20. The summed E-state index contributed by atoms with van der Waals surface area (Å²) < 4.78 is 0. The molecule has 2 nitrogen and oxygen atoms in total. The fourth-order valence-electron chi connectivity index (χ4n) is 2.26. The highest BCUT2D eigenvalue weighted by atomic mass is 16.3. The molecule has 1 saturated heterocycles. The van der Waals surface area contributed by atoms with Crippen LogP contribution in [0, 0.1) is 5.92 Å². The van der Waals surface area contributed by atoms with Crippen LogP contribution in [-0.4, -0.2) is 34.7 Å². The SMILES string of the molecule is CCC(C)N1C[C@H](O)CC1C(C)C. The Morgan fingerprint density at radius 1 is 1.38 bits per heavy atom. The number of β-amino-alcohol motifs (C(OH)–C–C–N with tert-alkyl or cyclic N) is 1. The summed E-state index contributed by atoms with van der Waals surface area (Å²) in [5.41, 5.74) is 0. The summed E-state index contributed by atoms with van der Waals surface area (Å²) in [4.78, 5) is 2.47. The molecule has 0 bridgehead atoms. The molecule has 0 spiro atoms. The Morgan fingerprint density at radius 2 is 2.00 bits per heavy atom. The minimum atomic E-state index is -0.0959. The van der Waals surface area contributed by atoms with Crippen molar-refractivity contribution in [2.75, 3.05) is 6.54 Å². The van der Waals surface area contributed by atoms with Crippen molar-refractivity contribution in [1.29, 1.82) is 0 Å². The first-order valence-corrected chi connectivity index (χ1v) is 5.50. The highest BCUT2D eigenvalue weighted by molar-refractivity contribution is 4.89. The Balaban J connectivity index is 2.60. The second kappa shape index (κ2) is 4.43. The van der Waals surface area contributed by atoms with Gasteiger partial charge in [-0.3, -0.25) is 4.90 Å². The lowest BCUT2D eigenvalue weighted by atomic mass is 10.00. The van der Waals surface area contributed by atoms with Crippen molar-refractivity contribution >= 4 is 0 Å². The number of likely N-dealkylation sites (tertiary alicyclic amines) is 1. The van der Waals surface area contributed by atoms with Gasteiger partial charge in [0, 0.05) is 18.6 Å². The van der Waals surface area contributed by atoms with E-state index in [0.29, 0.717) is 18.0 Å². The lowest BCUT2D eigenvalue weighted by Crippen LogP contribution is -2.39. The van der Waals surface area contributed by atoms with Gasteiger partial charge in [0.05, 0.1) is 6.10 Å². The van der Waals surface area contributed by atoms with Crippen LogP contribution in [-0.2, 0) is 0 Å². The van der Waals surface area contributed by atoms with E-state index < -0.39 is 0 Å². The molecule has 2 heteroatoms. The maximum absolute atomic E-state index is 9.62. The molecule has 1 aliphatic rings.